The van der Waals surface area contributed by atoms with E-state index in [9.17, 15) is 0 Å². The summed E-state index contributed by atoms with van der Waals surface area (Å²) in [4.78, 5) is 12.3. The molecule has 0 spiro atoms. The number of nitrogens with zero attached hydrogens (tertiary/aromatic N) is 3. The van der Waals surface area contributed by atoms with Gasteiger partial charge in [-0.15, -0.1) is 15.0 Å². The van der Waals surface area contributed by atoms with Crippen molar-refractivity contribution in [3.05, 3.63) is 0 Å². The zero-order chi connectivity index (χ0) is 14.1. The fourth-order valence-electron chi connectivity index (χ4n) is 1.51. The van der Waals surface area contributed by atoms with Crippen molar-refractivity contribution in [2.45, 2.75) is 18.3 Å². The van der Waals surface area contributed by atoms with E-state index in [0.29, 0.717) is 39.6 Å². The number of aromatic nitrogens is 3. The Morgan fingerprint density at radius 2 is 0.952 bits per heavy atom. The first-order valence-corrected chi connectivity index (χ1v) is 6.84. The van der Waals surface area contributed by atoms with Crippen molar-refractivity contribution in [1.82, 2.24) is 15.0 Å². The topological polar surface area (TPSA) is 104 Å². The number of hydrogen-bond acceptors (Lipinski definition) is 9. The van der Waals surface area contributed by atoms with Crippen molar-refractivity contribution in [3.8, 4) is 18.0 Å². The van der Waals surface area contributed by atoms with Gasteiger partial charge < -0.3 is 28.4 Å². The highest BCUT2D eigenvalue weighted by molar-refractivity contribution is 5.09. The monoisotopic (exact) mass is 297 g/mol. The van der Waals surface area contributed by atoms with Crippen molar-refractivity contribution in [2.75, 3.05) is 39.6 Å². The normalized spacial score (nSPS) is 28.9. The minimum atomic E-state index is 0.121. The van der Waals surface area contributed by atoms with Crippen LogP contribution in [0.4, 0.5) is 0 Å². The van der Waals surface area contributed by atoms with E-state index in [0.717, 1.165) is 0 Å². The Morgan fingerprint density at radius 3 is 1.19 bits per heavy atom. The summed E-state index contributed by atoms with van der Waals surface area (Å²) in [5.74, 6) is 0. The Morgan fingerprint density at radius 1 is 0.667 bits per heavy atom. The highest BCUT2D eigenvalue weighted by Crippen LogP contribution is 2.19. The second-order valence-corrected chi connectivity index (χ2v) is 4.98. The molecule has 0 unspecified atom stereocenters. The predicted molar refractivity (Wildman–Crippen MR) is 65.5 cm³/mol. The second-order valence-electron chi connectivity index (χ2n) is 4.98. The minimum Gasteiger partial charge on any atom is -0.460 e. The van der Waals surface area contributed by atoms with Gasteiger partial charge in [0.25, 0.3) is 0 Å². The van der Waals surface area contributed by atoms with Crippen LogP contribution in [0.5, 0.6) is 18.0 Å². The molecular formula is C12H15N3O6. The lowest BCUT2D eigenvalue weighted by Gasteiger charge is -2.08. The molecule has 114 valence electrons. The summed E-state index contributed by atoms with van der Waals surface area (Å²) in [7, 11) is 0. The number of ether oxygens (including phenoxy) is 6. The summed E-state index contributed by atoms with van der Waals surface area (Å²) in [6, 6.07) is 0.497. The molecule has 0 radical (unpaired) electrons. The van der Waals surface area contributed by atoms with Gasteiger partial charge in [-0.3, -0.25) is 0 Å². The quantitative estimate of drug-likeness (QED) is 0.542. The molecule has 0 saturated carbocycles. The van der Waals surface area contributed by atoms with Crippen molar-refractivity contribution >= 4 is 0 Å². The van der Waals surface area contributed by atoms with E-state index in [2.05, 4.69) is 15.0 Å². The molecule has 21 heavy (non-hydrogen) atoms. The molecule has 9 heteroatoms. The zero-order valence-electron chi connectivity index (χ0n) is 11.3. The largest absolute Gasteiger partial charge is 0.460 e. The van der Waals surface area contributed by atoms with Gasteiger partial charge in [-0.1, -0.05) is 0 Å². The highest BCUT2D eigenvalue weighted by Gasteiger charge is 2.27. The summed E-state index contributed by atoms with van der Waals surface area (Å²) < 4.78 is 31.6. The molecule has 3 atom stereocenters. The first kappa shape index (κ1) is 13.0. The molecule has 0 bridgehead atoms. The van der Waals surface area contributed by atoms with Gasteiger partial charge >= 0.3 is 18.0 Å². The third-order valence-corrected chi connectivity index (χ3v) is 2.98. The molecular weight excluding hydrogens is 282 g/mol. The van der Waals surface area contributed by atoms with Crippen LogP contribution in [-0.2, 0) is 14.2 Å². The Balaban J connectivity index is 1.40. The second kappa shape index (κ2) is 5.58. The Bertz CT molecular complexity index is 420. The smallest absolute Gasteiger partial charge is 0.325 e. The predicted octanol–water partition coefficient (Wildman–Crippen LogP) is -0.796. The first-order valence-electron chi connectivity index (χ1n) is 6.84. The molecule has 3 aliphatic rings. The third-order valence-electron chi connectivity index (χ3n) is 2.98. The van der Waals surface area contributed by atoms with E-state index in [-0.39, 0.29) is 36.3 Å². The van der Waals surface area contributed by atoms with E-state index in [1.165, 1.54) is 0 Å². The van der Waals surface area contributed by atoms with Crippen LogP contribution in [-0.4, -0.2) is 72.9 Å². The van der Waals surface area contributed by atoms with Crippen molar-refractivity contribution in [1.29, 1.82) is 0 Å². The van der Waals surface area contributed by atoms with Gasteiger partial charge in [0.15, 0.2) is 0 Å². The van der Waals surface area contributed by atoms with E-state index < -0.39 is 0 Å². The lowest BCUT2D eigenvalue weighted by molar-refractivity contribution is 0.204. The molecule has 1 aromatic heterocycles. The van der Waals surface area contributed by atoms with E-state index in [1.54, 1.807) is 0 Å². The molecule has 0 amide bonds. The van der Waals surface area contributed by atoms with Crippen LogP contribution in [0.15, 0.2) is 0 Å². The fourth-order valence-corrected chi connectivity index (χ4v) is 1.51. The van der Waals surface area contributed by atoms with Crippen LogP contribution in [0.1, 0.15) is 0 Å². The SMILES string of the molecule is C(Oc1nc(OC[C@@H]2CO2)nc(OC[C@@H]2CO2)n1)[C@@H]1CO1. The lowest BCUT2D eigenvalue weighted by atomic mass is 10.5. The zero-order valence-corrected chi connectivity index (χ0v) is 11.3. The molecule has 3 fully saturated rings. The standard InChI is InChI=1S/C12H15N3O6/c1-7(16-1)4-19-10-13-11(20-5-8-2-17-8)15-12(14-10)21-6-9-3-18-9/h7-9H,1-6H2/t7-,8-,9-/m0/s1. The first-order chi connectivity index (χ1) is 10.3. The van der Waals surface area contributed by atoms with E-state index in [4.69, 9.17) is 28.4 Å². The van der Waals surface area contributed by atoms with Gasteiger partial charge in [0.05, 0.1) is 19.8 Å². The number of hydrogen-bond donors (Lipinski definition) is 0. The maximum atomic E-state index is 5.45. The fraction of sp³-hybridized carbons (Fsp3) is 0.750. The molecule has 9 nitrogen and oxygen atoms in total. The van der Waals surface area contributed by atoms with Gasteiger partial charge in [0.2, 0.25) is 0 Å². The van der Waals surface area contributed by atoms with Gasteiger partial charge in [-0.25, -0.2) is 0 Å². The number of rotatable bonds is 9. The molecule has 3 saturated heterocycles. The Kier molecular flexibility index (Phi) is 3.45. The maximum Gasteiger partial charge on any atom is 0.325 e. The average molecular weight is 297 g/mol. The molecule has 1 aromatic rings. The molecule has 4 heterocycles. The van der Waals surface area contributed by atoms with Gasteiger partial charge in [-0.05, 0) is 0 Å². The maximum absolute atomic E-state index is 5.45. The van der Waals surface area contributed by atoms with E-state index >= 15 is 0 Å². The van der Waals surface area contributed by atoms with Crippen LogP contribution < -0.4 is 14.2 Å². The summed E-state index contributed by atoms with van der Waals surface area (Å²) in [6.07, 6.45) is 0.362. The molecule has 0 aliphatic carbocycles. The van der Waals surface area contributed by atoms with Crippen LogP contribution in [0.25, 0.3) is 0 Å². The summed E-state index contributed by atoms with van der Waals surface area (Å²) in [5.41, 5.74) is 0. The van der Waals surface area contributed by atoms with Gasteiger partial charge in [0, 0.05) is 0 Å². The minimum absolute atomic E-state index is 0.121. The summed E-state index contributed by atoms with van der Waals surface area (Å²) in [6.45, 7) is 3.32. The van der Waals surface area contributed by atoms with Gasteiger partial charge in [-0.2, -0.15) is 0 Å². The molecule has 0 aromatic carbocycles. The van der Waals surface area contributed by atoms with Crippen LogP contribution in [0.3, 0.4) is 0 Å². The van der Waals surface area contributed by atoms with Crippen molar-refractivity contribution < 1.29 is 28.4 Å². The van der Waals surface area contributed by atoms with Crippen LogP contribution in [0, 0.1) is 0 Å². The molecule has 3 aliphatic heterocycles. The van der Waals surface area contributed by atoms with Crippen molar-refractivity contribution in [3.63, 3.8) is 0 Å². The van der Waals surface area contributed by atoms with Crippen LogP contribution >= 0.6 is 0 Å². The third kappa shape index (κ3) is 4.13. The van der Waals surface area contributed by atoms with Gasteiger partial charge in [0.1, 0.15) is 38.1 Å². The Labute approximate surface area is 120 Å². The van der Waals surface area contributed by atoms with Crippen molar-refractivity contribution in [2.24, 2.45) is 0 Å². The lowest BCUT2D eigenvalue weighted by Crippen LogP contribution is -2.13. The highest BCUT2D eigenvalue weighted by atomic mass is 16.6. The number of epoxide rings is 3. The molecule has 4 rings (SSSR count). The summed E-state index contributed by atoms with van der Waals surface area (Å²) in [5, 5.41) is 0. The van der Waals surface area contributed by atoms with E-state index in [1.807, 2.05) is 0 Å². The Hall–Kier alpha value is -1.71. The summed E-state index contributed by atoms with van der Waals surface area (Å²) >= 11 is 0. The van der Waals surface area contributed by atoms with Crippen LogP contribution in [0.2, 0.25) is 0 Å². The average Bonchev–Trinajstić information content (AvgIpc) is 3.38. The molecule has 0 N–H and O–H groups in total.